The molecule has 1 saturated heterocycles. The minimum absolute atomic E-state index is 0.0279. The number of benzene rings is 1. The van der Waals surface area contributed by atoms with Gasteiger partial charge in [0.1, 0.15) is 5.82 Å². The van der Waals surface area contributed by atoms with Crippen LogP contribution in [0.15, 0.2) is 18.2 Å². The Morgan fingerprint density at radius 2 is 2.41 bits per heavy atom. The molecule has 0 bridgehead atoms. The van der Waals surface area contributed by atoms with E-state index in [0.717, 1.165) is 12.5 Å². The molecule has 1 unspecified atom stereocenters. The number of ether oxygens (including phenoxy) is 2. The molecule has 2 rings (SSSR count). The van der Waals surface area contributed by atoms with Crippen molar-refractivity contribution in [3.8, 4) is 0 Å². The van der Waals surface area contributed by atoms with Gasteiger partial charge in [-0.05, 0) is 30.2 Å². The highest BCUT2D eigenvalue weighted by Gasteiger charge is 2.18. The van der Waals surface area contributed by atoms with Crippen LogP contribution < -0.4 is 0 Å². The summed E-state index contributed by atoms with van der Waals surface area (Å²) in [6, 6.07) is 3.58. The summed E-state index contributed by atoms with van der Waals surface area (Å²) in [7, 11) is 0. The lowest BCUT2D eigenvalue weighted by Gasteiger charge is -2.11. The Hall–Kier alpha value is -1.46. The fraction of sp³-hybridized carbons (Fsp3) is 0.417. The highest BCUT2D eigenvalue weighted by molar-refractivity contribution is 5.89. The molecular weight excluding hydrogens is 227 g/mol. The Kier molecular flexibility index (Phi) is 3.71. The van der Waals surface area contributed by atoms with Gasteiger partial charge in [-0.15, -0.1) is 0 Å². The van der Waals surface area contributed by atoms with Crippen LogP contribution in [0, 0.1) is 5.82 Å². The maximum absolute atomic E-state index is 13.0. The average molecular weight is 240 g/mol. The quantitative estimate of drug-likeness (QED) is 0.872. The van der Waals surface area contributed by atoms with Gasteiger partial charge in [-0.25, -0.2) is 9.18 Å². The summed E-state index contributed by atoms with van der Waals surface area (Å²) in [5.41, 5.74) is 0.426. The molecule has 1 atom stereocenters. The Bertz CT molecular complexity index is 413. The van der Waals surface area contributed by atoms with Crippen LogP contribution in [0.2, 0.25) is 0 Å². The van der Waals surface area contributed by atoms with Crippen molar-refractivity contribution in [1.29, 1.82) is 0 Å². The number of halogens is 1. The fourth-order valence-corrected chi connectivity index (χ4v) is 1.74. The van der Waals surface area contributed by atoms with E-state index in [2.05, 4.69) is 0 Å². The number of rotatable bonds is 4. The molecular formula is C12H13FO4. The summed E-state index contributed by atoms with van der Waals surface area (Å²) in [5, 5.41) is 8.95. The van der Waals surface area contributed by atoms with Crippen LogP contribution in [0.3, 0.4) is 0 Å². The van der Waals surface area contributed by atoms with Crippen molar-refractivity contribution in [2.45, 2.75) is 19.1 Å². The number of carbonyl (C=O) groups is 1. The van der Waals surface area contributed by atoms with Gasteiger partial charge in [0.2, 0.25) is 0 Å². The van der Waals surface area contributed by atoms with E-state index < -0.39 is 11.8 Å². The SMILES string of the molecule is O=C(O)c1ccc(F)cc1COC1CCOC1. The zero-order valence-corrected chi connectivity index (χ0v) is 9.19. The van der Waals surface area contributed by atoms with Crippen LogP contribution in [0.5, 0.6) is 0 Å². The molecule has 1 aliphatic rings. The Balaban J connectivity index is 2.07. The summed E-state index contributed by atoms with van der Waals surface area (Å²) in [6.45, 7) is 1.25. The van der Waals surface area contributed by atoms with Crippen molar-refractivity contribution < 1.29 is 23.8 Å². The average Bonchev–Trinajstić information content (AvgIpc) is 2.78. The summed E-state index contributed by atoms with van der Waals surface area (Å²) < 4.78 is 23.6. The highest BCUT2D eigenvalue weighted by atomic mass is 19.1. The molecule has 5 heteroatoms. The minimum atomic E-state index is -1.08. The predicted molar refractivity (Wildman–Crippen MR) is 57.4 cm³/mol. The number of carboxylic acid groups (broad SMARTS) is 1. The third-order valence-electron chi connectivity index (χ3n) is 2.66. The van der Waals surface area contributed by atoms with Gasteiger partial charge in [-0.3, -0.25) is 0 Å². The van der Waals surface area contributed by atoms with Gasteiger partial charge in [0.25, 0.3) is 0 Å². The monoisotopic (exact) mass is 240 g/mol. The van der Waals surface area contributed by atoms with E-state index >= 15 is 0 Å². The topological polar surface area (TPSA) is 55.8 Å². The second-order valence-corrected chi connectivity index (χ2v) is 3.90. The lowest BCUT2D eigenvalue weighted by molar-refractivity contribution is 0.0307. The summed E-state index contributed by atoms with van der Waals surface area (Å²) in [4.78, 5) is 10.9. The molecule has 1 fully saturated rings. The molecule has 1 aromatic rings. The molecule has 0 amide bonds. The zero-order chi connectivity index (χ0) is 12.3. The maximum Gasteiger partial charge on any atom is 0.336 e. The second kappa shape index (κ2) is 5.25. The molecule has 92 valence electrons. The largest absolute Gasteiger partial charge is 0.478 e. The number of hydrogen-bond donors (Lipinski definition) is 1. The predicted octanol–water partition coefficient (Wildman–Crippen LogP) is 1.83. The molecule has 0 radical (unpaired) electrons. The van der Waals surface area contributed by atoms with E-state index in [1.807, 2.05) is 0 Å². The third kappa shape index (κ3) is 3.01. The normalized spacial score (nSPS) is 19.5. The van der Waals surface area contributed by atoms with Gasteiger partial charge in [0.05, 0.1) is 24.9 Å². The third-order valence-corrected chi connectivity index (χ3v) is 2.66. The number of hydrogen-bond acceptors (Lipinski definition) is 3. The molecule has 4 nitrogen and oxygen atoms in total. The number of aromatic carboxylic acids is 1. The molecule has 0 aliphatic carbocycles. The van der Waals surface area contributed by atoms with Crippen LogP contribution in [-0.4, -0.2) is 30.4 Å². The molecule has 0 aromatic heterocycles. The van der Waals surface area contributed by atoms with Crippen molar-refractivity contribution >= 4 is 5.97 Å². The highest BCUT2D eigenvalue weighted by Crippen LogP contribution is 2.16. The Morgan fingerprint density at radius 1 is 1.59 bits per heavy atom. The van der Waals surface area contributed by atoms with Gasteiger partial charge in [-0.1, -0.05) is 0 Å². The molecule has 1 aromatic carbocycles. The molecule has 0 saturated carbocycles. The molecule has 1 N–H and O–H groups in total. The lowest BCUT2D eigenvalue weighted by atomic mass is 10.1. The first kappa shape index (κ1) is 12.0. The zero-order valence-electron chi connectivity index (χ0n) is 9.19. The molecule has 1 heterocycles. The van der Waals surface area contributed by atoms with Gasteiger partial charge < -0.3 is 14.6 Å². The first-order chi connectivity index (χ1) is 8.16. The van der Waals surface area contributed by atoms with Crippen LogP contribution in [0.1, 0.15) is 22.3 Å². The van der Waals surface area contributed by atoms with Crippen molar-refractivity contribution in [3.63, 3.8) is 0 Å². The Morgan fingerprint density at radius 3 is 3.06 bits per heavy atom. The molecule has 17 heavy (non-hydrogen) atoms. The van der Waals surface area contributed by atoms with Gasteiger partial charge >= 0.3 is 5.97 Å². The van der Waals surface area contributed by atoms with E-state index in [4.69, 9.17) is 14.6 Å². The van der Waals surface area contributed by atoms with Gasteiger partial charge in [0, 0.05) is 6.61 Å². The molecule has 1 aliphatic heterocycles. The van der Waals surface area contributed by atoms with Crippen LogP contribution in [-0.2, 0) is 16.1 Å². The summed E-state index contributed by atoms with van der Waals surface area (Å²) in [5.74, 6) is -1.54. The minimum Gasteiger partial charge on any atom is -0.478 e. The first-order valence-electron chi connectivity index (χ1n) is 5.38. The standard InChI is InChI=1S/C12H13FO4/c13-9-1-2-11(12(14)15)8(5-9)6-17-10-3-4-16-7-10/h1-2,5,10H,3-4,6-7H2,(H,14,15). The van der Waals surface area contributed by atoms with Crippen molar-refractivity contribution in [3.05, 3.63) is 35.1 Å². The van der Waals surface area contributed by atoms with Gasteiger partial charge in [-0.2, -0.15) is 0 Å². The van der Waals surface area contributed by atoms with E-state index in [1.54, 1.807) is 0 Å². The van der Waals surface area contributed by atoms with Crippen LogP contribution >= 0.6 is 0 Å². The second-order valence-electron chi connectivity index (χ2n) is 3.90. The fourth-order valence-electron chi connectivity index (χ4n) is 1.74. The van der Waals surface area contributed by atoms with Crippen LogP contribution in [0.25, 0.3) is 0 Å². The lowest BCUT2D eigenvalue weighted by Crippen LogP contribution is -2.13. The van der Waals surface area contributed by atoms with E-state index in [1.165, 1.54) is 12.1 Å². The van der Waals surface area contributed by atoms with E-state index in [-0.39, 0.29) is 18.3 Å². The Labute approximate surface area is 98.0 Å². The van der Waals surface area contributed by atoms with E-state index in [0.29, 0.717) is 18.8 Å². The van der Waals surface area contributed by atoms with Crippen LogP contribution in [0.4, 0.5) is 4.39 Å². The van der Waals surface area contributed by atoms with Crippen molar-refractivity contribution in [1.82, 2.24) is 0 Å². The van der Waals surface area contributed by atoms with Crippen molar-refractivity contribution in [2.75, 3.05) is 13.2 Å². The van der Waals surface area contributed by atoms with Gasteiger partial charge in [0.15, 0.2) is 0 Å². The summed E-state index contributed by atoms with van der Waals surface area (Å²) >= 11 is 0. The maximum atomic E-state index is 13.0. The van der Waals surface area contributed by atoms with Crippen molar-refractivity contribution in [2.24, 2.45) is 0 Å². The number of carboxylic acids is 1. The first-order valence-corrected chi connectivity index (χ1v) is 5.38. The smallest absolute Gasteiger partial charge is 0.336 e. The summed E-state index contributed by atoms with van der Waals surface area (Å²) in [6.07, 6.45) is 0.762. The molecule has 0 spiro atoms. The van der Waals surface area contributed by atoms with E-state index in [9.17, 15) is 9.18 Å².